The number of hydrogen-bond donors (Lipinski definition) is 1. The van der Waals surface area contributed by atoms with Crippen LogP contribution in [-0.2, 0) is 10.0 Å². The smallest absolute Gasteiger partial charge is 0.252 e. The minimum atomic E-state index is -3.73. The number of hydrogen-bond acceptors (Lipinski definition) is 3. The first-order chi connectivity index (χ1) is 9.88. The summed E-state index contributed by atoms with van der Waals surface area (Å²) in [6.07, 6.45) is 5.07. The van der Waals surface area contributed by atoms with Gasteiger partial charge in [0.2, 0.25) is 10.0 Å². The Morgan fingerprint density at radius 2 is 2.00 bits per heavy atom. The van der Waals surface area contributed by atoms with E-state index in [0.29, 0.717) is 13.1 Å². The molecule has 0 heterocycles. The molecule has 1 N–H and O–H groups in total. The maximum atomic E-state index is 12.5. The summed E-state index contributed by atoms with van der Waals surface area (Å²) in [6, 6.07) is 4.11. The lowest BCUT2D eigenvalue weighted by molar-refractivity contribution is 0.0958. The monoisotopic (exact) mass is 328 g/mol. The molecule has 0 aliphatic rings. The van der Waals surface area contributed by atoms with Gasteiger partial charge in [-0.2, -0.15) is 4.31 Å². The predicted octanol–water partition coefficient (Wildman–Crippen LogP) is 1.73. The summed E-state index contributed by atoms with van der Waals surface area (Å²) in [6.45, 7) is 4.18. The third-order valence-electron chi connectivity index (χ3n) is 2.87. The Kier molecular flexibility index (Phi) is 6.21. The summed E-state index contributed by atoms with van der Waals surface area (Å²) in [5, 5.41) is 2.56. The average molecular weight is 329 g/mol. The van der Waals surface area contributed by atoms with Crippen molar-refractivity contribution < 1.29 is 13.2 Å². The van der Waals surface area contributed by atoms with Gasteiger partial charge in [-0.1, -0.05) is 31.4 Å². The molecule has 0 fully saturated rings. The van der Waals surface area contributed by atoms with Crippen LogP contribution in [0.4, 0.5) is 0 Å². The SMILES string of the molecule is C#CCNC(=O)c1ccc(Cl)c(S(=O)(=O)N(CC)CC)c1. The zero-order chi connectivity index (χ0) is 16.0. The van der Waals surface area contributed by atoms with Crippen molar-refractivity contribution >= 4 is 27.5 Å². The molecule has 0 unspecified atom stereocenters. The fourth-order valence-corrected chi connectivity index (χ4v) is 3.74. The second-order valence-electron chi connectivity index (χ2n) is 4.12. The number of rotatable bonds is 6. The zero-order valence-corrected chi connectivity index (χ0v) is 13.5. The highest BCUT2D eigenvalue weighted by molar-refractivity contribution is 7.89. The van der Waals surface area contributed by atoms with Gasteiger partial charge in [0.25, 0.3) is 5.91 Å². The van der Waals surface area contributed by atoms with Gasteiger partial charge in [-0.25, -0.2) is 8.42 Å². The number of benzene rings is 1. The van der Waals surface area contributed by atoms with Crippen molar-refractivity contribution in [1.29, 1.82) is 0 Å². The summed E-state index contributed by atoms with van der Waals surface area (Å²) < 4.78 is 26.2. The Balaban J connectivity index is 3.26. The molecule has 114 valence electrons. The van der Waals surface area contributed by atoms with Crippen molar-refractivity contribution in [2.45, 2.75) is 18.7 Å². The molecule has 21 heavy (non-hydrogen) atoms. The molecule has 0 aliphatic heterocycles. The number of nitrogens with one attached hydrogen (secondary N) is 1. The van der Waals surface area contributed by atoms with Crippen molar-refractivity contribution in [2.75, 3.05) is 19.6 Å². The molecule has 0 saturated carbocycles. The van der Waals surface area contributed by atoms with Gasteiger partial charge in [-0.05, 0) is 18.2 Å². The number of carbonyl (C=O) groups is 1. The van der Waals surface area contributed by atoms with Crippen LogP contribution >= 0.6 is 11.6 Å². The first-order valence-electron chi connectivity index (χ1n) is 6.39. The number of amides is 1. The maximum Gasteiger partial charge on any atom is 0.252 e. The number of nitrogens with zero attached hydrogens (tertiary/aromatic N) is 1. The molecule has 0 radical (unpaired) electrons. The fraction of sp³-hybridized carbons (Fsp3) is 0.357. The van der Waals surface area contributed by atoms with Crippen LogP contribution < -0.4 is 5.32 Å². The lowest BCUT2D eigenvalue weighted by Gasteiger charge is -2.19. The summed E-state index contributed by atoms with van der Waals surface area (Å²) >= 11 is 5.98. The molecule has 0 bridgehead atoms. The van der Waals surface area contributed by atoms with Gasteiger partial charge in [-0.15, -0.1) is 6.42 Å². The van der Waals surface area contributed by atoms with Crippen molar-refractivity contribution in [2.24, 2.45) is 0 Å². The molecule has 1 rings (SSSR count). The molecule has 5 nitrogen and oxygen atoms in total. The van der Waals surface area contributed by atoms with Gasteiger partial charge >= 0.3 is 0 Å². The van der Waals surface area contributed by atoms with Gasteiger partial charge in [0.15, 0.2) is 0 Å². The Morgan fingerprint density at radius 3 is 2.52 bits per heavy atom. The van der Waals surface area contributed by atoms with Gasteiger partial charge in [0, 0.05) is 18.7 Å². The summed E-state index contributed by atoms with van der Waals surface area (Å²) in [4.78, 5) is 11.8. The highest BCUT2D eigenvalue weighted by atomic mass is 35.5. The van der Waals surface area contributed by atoms with Crippen molar-refractivity contribution in [3.05, 3.63) is 28.8 Å². The molecule has 0 saturated heterocycles. The molecule has 0 spiro atoms. The number of carbonyl (C=O) groups excluding carboxylic acids is 1. The van der Waals surface area contributed by atoms with Gasteiger partial charge in [-0.3, -0.25) is 4.79 Å². The van der Waals surface area contributed by atoms with Crippen LogP contribution in [0.2, 0.25) is 5.02 Å². The average Bonchev–Trinajstić information content (AvgIpc) is 2.46. The second kappa shape index (κ2) is 7.46. The molecule has 0 atom stereocenters. The van der Waals surface area contributed by atoms with E-state index in [1.54, 1.807) is 13.8 Å². The summed E-state index contributed by atoms with van der Waals surface area (Å²) in [7, 11) is -3.73. The van der Waals surface area contributed by atoms with E-state index in [0.717, 1.165) is 0 Å². The molecule has 1 aromatic rings. The highest BCUT2D eigenvalue weighted by Crippen LogP contribution is 2.25. The largest absolute Gasteiger partial charge is 0.341 e. The third-order valence-corrected chi connectivity index (χ3v) is 5.40. The Bertz CT molecular complexity index is 661. The minimum Gasteiger partial charge on any atom is -0.341 e. The normalized spacial score (nSPS) is 11.2. The number of halogens is 1. The van der Waals surface area contributed by atoms with E-state index in [4.69, 9.17) is 18.0 Å². The first kappa shape index (κ1) is 17.5. The van der Waals surface area contributed by atoms with Crippen LogP contribution in [0.3, 0.4) is 0 Å². The van der Waals surface area contributed by atoms with Crippen molar-refractivity contribution in [3.63, 3.8) is 0 Å². The van der Waals surface area contributed by atoms with Crippen LogP contribution in [0.25, 0.3) is 0 Å². The fourth-order valence-electron chi connectivity index (χ4n) is 1.78. The molecule has 7 heteroatoms. The standard InChI is InChI=1S/C14H17ClN2O3S/c1-4-9-16-14(18)11-7-8-12(15)13(10-11)21(19,20)17(5-2)6-3/h1,7-8,10H,5-6,9H2,2-3H3,(H,16,18). The lowest BCUT2D eigenvalue weighted by Crippen LogP contribution is -2.31. The Morgan fingerprint density at radius 1 is 1.38 bits per heavy atom. The van der Waals surface area contributed by atoms with E-state index in [1.807, 2.05) is 0 Å². The molecular weight excluding hydrogens is 312 g/mol. The molecule has 1 aromatic carbocycles. The minimum absolute atomic E-state index is 0.0690. The molecule has 1 amide bonds. The predicted molar refractivity (Wildman–Crippen MR) is 82.7 cm³/mol. The van der Waals surface area contributed by atoms with Crippen LogP contribution in [0.5, 0.6) is 0 Å². The Hall–Kier alpha value is -1.55. The quantitative estimate of drug-likeness (QED) is 0.809. The Labute approximate surface area is 130 Å². The number of terminal acetylenes is 1. The van der Waals surface area contributed by atoms with Crippen LogP contribution in [0, 0.1) is 12.3 Å². The molecular formula is C14H17ClN2O3S. The van der Waals surface area contributed by atoms with Crippen molar-refractivity contribution in [3.8, 4) is 12.3 Å². The van der Waals surface area contributed by atoms with Gasteiger partial charge in [0.1, 0.15) is 4.90 Å². The maximum absolute atomic E-state index is 12.5. The van der Waals surface area contributed by atoms with Crippen LogP contribution in [0.15, 0.2) is 23.1 Å². The number of sulfonamides is 1. The van der Waals surface area contributed by atoms with Crippen molar-refractivity contribution in [1.82, 2.24) is 9.62 Å². The van der Waals surface area contributed by atoms with E-state index in [-0.39, 0.29) is 22.0 Å². The first-order valence-corrected chi connectivity index (χ1v) is 8.21. The topological polar surface area (TPSA) is 66.5 Å². The van der Waals surface area contributed by atoms with E-state index < -0.39 is 15.9 Å². The van der Waals surface area contributed by atoms with E-state index in [9.17, 15) is 13.2 Å². The zero-order valence-electron chi connectivity index (χ0n) is 11.9. The second-order valence-corrected chi connectivity index (χ2v) is 6.43. The summed E-state index contributed by atoms with van der Waals surface area (Å²) in [5.41, 5.74) is 0.195. The van der Waals surface area contributed by atoms with E-state index in [2.05, 4.69) is 11.2 Å². The molecule has 0 aliphatic carbocycles. The molecule has 0 aromatic heterocycles. The van der Waals surface area contributed by atoms with E-state index >= 15 is 0 Å². The summed E-state index contributed by atoms with van der Waals surface area (Å²) in [5.74, 6) is 1.83. The highest BCUT2D eigenvalue weighted by Gasteiger charge is 2.25. The van der Waals surface area contributed by atoms with Crippen LogP contribution in [0.1, 0.15) is 24.2 Å². The van der Waals surface area contributed by atoms with Gasteiger partial charge in [0.05, 0.1) is 11.6 Å². The third kappa shape index (κ3) is 3.97. The van der Waals surface area contributed by atoms with E-state index in [1.165, 1.54) is 22.5 Å². The lowest BCUT2D eigenvalue weighted by atomic mass is 10.2. The van der Waals surface area contributed by atoms with Crippen LogP contribution in [-0.4, -0.2) is 38.3 Å². The van der Waals surface area contributed by atoms with Gasteiger partial charge < -0.3 is 5.32 Å².